The fourth-order valence-electron chi connectivity index (χ4n) is 2.80. The first kappa shape index (κ1) is 11.7. The molecule has 2 N–H and O–H groups in total. The van der Waals surface area contributed by atoms with Crippen molar-refractivity contribution in [3.05, 3.63) is 34.9 Å². The molecule has 0 saturated carbocycles. The zero-order chi connectivity index (χ0) is 11.4. The summed E-state index contributed by atoms with van der Waals surface area (Å²) < 4.78 is 0. The van der Waals surface area contributed by atoms with E-state index in [0.29, 0.717) is 6.04 Å². The molecule has 0 radical (unpaired) electrons. The predicted molar refractivity (Wildman–Crippen MR) is 69.5 cm³/mol. The largest absolute Gasteiger partial charge is 0.324 e. The first-order valence-electron chi connectivity index (χ1n) is 6.69. The van der Waals surface area contributed by atoms with Crippen molar-refractivity contribution in [3.63, 3.8) is 0 Å². The molecule has 0 aromatic heterocycles. The number of rotatable bonds is 4. The van der Waals surface area contributed by atoms with Crippen LogP contribution in [0, 0.1) is 0 Å². The summed E-state index contributed by atoms with van der Waals surface area (Å²) in [6.45, 7) is 2.26. The van der Waals surface area contributed by atoms with Crippen molar-refractivity contribution in [2.45, 2.75) is 57.9 Å². The van der Waals surface area contributed by atoms with Crippen molar-refractivity contribution in [2.75, 3.05) is 0 Å². The summed E-state index contributed by atoms with van der Waals surface area (Å²) >= 11 is 0. The number of nitrogens with two attached hydrogens (primary N) is 1. The van der Waals surface area contributed by atoms with Crippen molar-refractivity contribution in [3.8, 4) is 0 Å². The highest BCUT2D eigenvalue weighted by molar-refractivity contribution is 5.39. The third-order valence-corrected chi connectivity index (χ3v) is 3.67. The molecule has 88 valence electrons. The first-order chi connectivity index (χ1) is 7.83. The van der Waals surface area contributed by atoms with Gasteiger partial charge in [0.1, 0.15) is 0 Å². The van der Waals surface area contributed by atoms with Crippen LogP contribution >= 0.6 is 0 Å². The summed E-state index contributed by atoms with van der Waals surface area (Å²) in [7, 11) is 0. The number of fused-ring (bicyclic) bond motifs is 1. The average Bonchev–Trinajstić information content (AvgIpc) is 2.30. The van der Waals surface area contributed by atoms with Gasteiger partial charge < -0.3 is 5.73 Å². The Balaban J connectivity index is 2.17. The maximum absolute atomic E-state index is 6.25. The van der Waals surface area contributed by atoms with Gasteiger partial charge in [0.2, 0.25) is 0 Å². The highest BCUT2D eigenvalue weighted by Gasteiger charge is 2.19. The van der Waals surface area contributed by atoms with Gasteiger partial charge in [-0.25, -0.2) is 0 Å². The second-order valence-corrected chi connectivity index (χ2v) is 4.95. The topological polar surface area (TPSA) is 26.0 Å². The van der Waals surface area contributed by atoms with Gasteiger partial charge in [0.25, 0.3) is 0 Å². The summed E-state index contributed by atoms with van der Waals surface area (Å²) in [5.74, 6) is 0. The summed E-state index contributed by atoms with van der Waals surface area (Å²) in [5.41, 5.74) is 10.7. The number of unbranched alkanes of at least 4 members (excludes halogenated alkanes) is 2. The second-order valence-electron chi connectivity index (χ2n) is 4.95. The lowest BCUT2D eigenvalue weighted by Gasteiger charge is -2.25. The molecule has 16 heavy (non-hydrogen) atoms. The molecule has 1 nitrogen and oxygen atoms in total. The molecule has 1 heteroatoms. The monoisotopic (exact) mass is 217 g/mol. The van der Waals surface area contributed by atoms with E-state index in [-0.39, 0.29) is 0 Å². The summed E-state index contributed by atoms with van der Waals surface area (Å²) in [5, 5.41) is 0. The average molecular weight is 217 g/mol. The molecule has 0 spiro atoms. The van der Waals surface area contributed by atoms with E-state index < -0.39 is 0 Å². The Kier molecular flexibility index (Phi) is 4.00. The van der Waals surface area contributed by atoms with Crippen LogP contribution in [0.15, 0.2) is 18.2 Å². The molecule has 2 rings (SSSR count). The van der Waals surface area contributed by atoms with Gasteiger partial charge in [-0.05, 0) is 48.8 Å². The molecule has 0 bridgehead atoms. The molecule has 0 fully saturated rings. The second kappa shape index (κ2) is 5.49. The normalized spacial score (nSPS) is 19.5. The van der Waals surface area contributed by atoms with Gasteiger partial charge >= 0.3 is 0 Å². The molecule has 1 aromatic rings. The molecule has 1 atom stereocenters. The Morgan fingerprint density at radius 3 is 3.00 bits per heavy atom. The van der Waals surface area contributed by atoms with Gasteiger partial charge in [-0.15, -0.1) is 0 Å². The van der Waals surface area contributed by atoms with Crippen LogP contribution in [0.4, 0.5) is 0 Å². The number of hydrogen-bond donors (Lipinski definition) is 1. The zero-order valence-corrected chi connectivity index (χ0v) is 10.3. The fourth-order valence-corrected chi connectivity index (χ4v) is 2.80. The van der Waals surface area contributed by atoms with Crippen LogP contribution in [0.25, 0.3) is 0 Å². The van der Waals surface area contributed by atoms with Gasteiger partial charge in [0, 0.05) is 6.04 Å². The third kappa shape index (κ3) is 2.46. The van der Waals surface area contributed by atoms with E-state index in [1.165, 1.54) is 55.2 Å². The van der Waals surface area contributed by atoms with Crippen LogP contribution in [0.3, 0.4) is 0 Å². The van der Waals surface area contributed by atoms with Crippen LogP contribution < -0.4 is 5.73 Å². The van der Waals surface area contributed by atoms with Crippen molar-refractivity contribution >= 4 is 0 Å². The molecule has 0 aliphatic heterocycles. The SMILES string of the molecule is CCCCCc1cccc2c1C(N)CCC2. The van der Waals surface area contributed by atoms with E-state index in [0.717, 1.165) is 6.42 Å². The lowest BCUT2D eigenvalue weighted by molar-refractivity contribution is 0.562. The van der Waals surface area contributed by atoms with Gasteiger partial charge in [0.05, 0.1) is 0 Å². The van der Waals surface area contributed by atoms with Crippen molar-refractivity contribution in [2.24, 2.45) is 5.73 Å². The minimum absolute atomic E-state index is 0.293. The molecule has 0 saturated heterocycles. The van der Waals surface area contributed by atoms with E-state index in [2.05, 4.69) is 25.1 Å². The van der Waals surface area contributed by atoms with Crippen LogP contribution in [-0.4, -0.2) is 0 Å². The molecule has 1 aromatic carbocycles. The Morgan fingerprint density at radius 1 is 1.31 bits per heavy atom. The summed E-state index contributed by atoms with van der Waals surface area (Å²) in [6.07, 6.45) is 8.79. The maximum Gasteiger partial charge on any atom is 0.0300 e. The van der Waals surface area contributed by atoms with Crippen molar-refractivity contribution < 1.29 is 0 Å². The standard InChI is InChI=1S/C15H23N/c1-2-3-4-7-12-8-5-9-13-10-6-11-14(16)15(12)13/h5,8-9,14H,2-4,6-7,10-11,16H2,1H3. The molecular weight excluding hydrogens is 194 g/mol. The molecule has 0 amide bonds. The van der Waals surface area contributed by atoms with Crippen LogP contribution in [-0.2, 0) is 12.8 Å². The Bertz CT molecular complexity index is 343. The highest BCUT2D eigenvalue weighted by atomic mass is 14.6. The van der Waals surface area contributed by atoms with Gasteiger partial charge in [-0.2, -0.15) is 0 Å². The lowest BCUT2D eigenvalue weighted by atomic mass is 9.84. The van der Waals surface area contributed by atoms with Crippen LogP contribution in [0.2, 0.25) is 0 Å². The molecule has 1 aliphatic carbocycles. The van der Waals surface area contributed by atoms with E-state index in [4.69, 9.17) is 5.73 Å². The summed E-state index contributed by atoms with van der Waals surface area (Å²) in [4.78, 5) is 0. The quantitative estimate of drug-likeness (QED) is 0.764. The van der Waals surface area contributed by atoms with E-state index in [1.807, 2.05) is 0 Å². The molecule has 1 unspecified atom stereocenters. The first-order valence-corrected chi connectivity index (χ1v) is 6.69. The Labute approximate surface area is 99.0 Å². The van der Waals surface area contributed by atoms with Crippen LogP contribution in [0.5, 0.6) is 0 Å². The molecule has 0 heterocycles. The summed E-state index contributed by atoms with van der Waals surface area (Å²) in [6, 6.07) is 7.04. The predicted octanol–water partition coefficient (Wildman–Crippen LogP) is 3.76. The van der Waals surface area contributed by atoms with Crippen molar-refractivity contribution in [1.82, 2.24) is 0 Å². The van der Waals surface area contributed by atoms with Crippen molar-refractivity contribution in [1.29, 1.82) is 0 Å². The Hall–Kier alpha value is -0.820. The number of benzene rings is 1. The van der Waals surface area contributed by atoms with Crippen LogP contribution in [0.1, 0.15) is 61.8 Å². The van der Waals surface area contributed by atoms with E-state index >= 15 is 0 Å². The molecular formula is C15H23N. The number of hydrogen-bond acceptors (Lipinski definition) is 1. The highest BCUT2D eigenvalue weighted by Crippen LogP contribution is 2.31. The van der Waals surface area contributed by atoms with Gasteiger partial charge in [-0.1, -0.05) is 38.0 Å². The maximum atomic E-state index is 6.25. The smallest absolute Gasteiger partial charge is 0.0300 e. The minimum Gasteiger partial charge on any atom is -0.324 e. The lowest BCUT2D eigenvalue weighted by Crippen LogP contribution is -2.19. The van der Waals surface area contributed by atoms with E-state index in [1.54, 1.807) is 0 Å². The van der Waals surface area contributed by atoms with E-state index in [9.17, 15) is 0 Å². The zero-order valence-electron chi connectivity index (χ0n) is 10.3. The fraction of sp³-hybridized carbons (Fsp3) is 0.600. The van der Waals surface area contributed by atoms with Gasteiger partial charge in [-0.3, -0.25) is 0 Å². The molecule has 1 aliphatic rings. The minimum atomic E-state index is 0.293. The third-order valence-electron chi connectivity index (χ3n) is 3.67. The number of aryl methyl sites for hydroxylation is 2. The Morgan fingerprint density at radius 2 is 2.19 bits per heavy atom. The van der Waals surface area contributed by atoms with Gasteiger partial charge in [0.15, 0.2) is 0 Å².